The van der Waals surface area contributed by atoms with E-state index in [2.05, 4.69) is 15.4 Å². The zero-order valence-electron chi connectivity index (χ0n) is 18.1. The van der Waals surface area contributed by atoms with Gasteiger partial charge >= 0.3 is 0 Å². The number of aromatic nitrogens is 3. The molecule has 31 heavy (non-hydrogen) atoms. The molecule has 3 atom stereocenters. The monoisotopic (exact) mass is 425 g/mol. The summed E-state index contributed by atoms with van der Waals surface area (Å²) in [6.45, 7) is 4.82. The van der Waals surface area contributed by atoms with E-state index in [9.17, 15) is 9.59 Å². The fourth-order valence-electron chi connectivity index (χ4n) is 4.61. The number of hydrogen-bond donors (Lipinski definition) is 1. The van der Waals surface area contributed by atoms with Crippen LogP contribution in [0, 0.1) is 11.8 Å². The number of pyridine rings is 1. The number of ether oxygens (including phenoxy) is 1. The lowest BCUT2D eigenvalue weighted by atomic mass is 9.99. The summed E-state index contributed by atoms with van der Waals surface area (Å²) in [5.41, 5.74) is 0.390. The Labute approximate surface area is 183 Å². The predicted molar refractivity (Wildman–Crippen MR) is 116 cm³/mol. The molecule has 0 unspecified atom stereocenters. The molecule has 4 rings (SSSR count). The fourth-order valence-corrected chi connectivity index (χ4v) is 4.61. The van der Waals surface area contributed by atoms with Gasteiger partial charge in [-0.15, -0.1) is 0 Å². The molecule has 1 saturated heterocycles. The molecule has 1 saturated carbocycles. The number of piperidine rings is 1. The standard InChI is InChI=1S/C23H31N5O3/c1-2-28-12-8-20(26-28)22(29)25-21-14-17(16-31-18-7-6-9-24-15-18)13-19(21)23(30)27-10-4-3-5-11-27/h6-9,12,15,17,19,21H,2-5,10-11,13-14,16H2,1H3,(H,25,29)/t17-,19-,21-/m1/s1. The van der Waals surface area contributed by atoms with E-state index < -0.39 is 0 Å². The summed E-state index contributed by atoms with van der Waals surface area (Å²) >= 11 is 0. The van der Waals surface area contributed by atoms with Crippen molar-refractivity contribution in [1.29, 1.82) is 0 Å². The second-order valence-corrected chi connectivity index (χ2v) is 8.47. The summed E-state index contributed by atoms with van der Waals surface area (Å²) in [4.78, 5) is 32.2. The number of amides is 2. The van der Waals surface area contributed by atoms with Crippen molar-refractivity contribution in [2.45, 2.75) is 51.6 Å². The highest BCUT2D eigenvalue weighted by Gasteiger charge is 2.42. The second-order valence-electron chi connectivity index (χ2n) is 8.47. The Kier molecular flexibility index (Phi) is 6.84. The van der Waals surface area contributed by atoms with Gasteiger partial charge in [-0.3, -0.25) is 19.3 Å². The third-order valence-corrected chi connectivity index (χ3v) is 6.28. The first-order valence-electron chi connectivity index (χ1n) is 11.3. The molecule has 3 heterocycles. The minimum absolute atomic E-state index is 0.160. The van der Waals surface area contributed by atoms with E-state index in [1.54, 1.807) is 29.3 Å². The highest BCUT2D eigenvalue weighted by Crippen LogP contribution is 2.34. The summed E-state index contributed by atoms with van der Waals surface area (Å²) in [6.07, 6.45) is 9.90. The first kappa shape index (κ1) is 21.3. The van der Waals surface area contributed by atoms with Crippen LogP contribution in [0.3, 0.4) is 0 Å². The number of carbonyl (C=O) groups is 2. The average molecular weight is 426 g/mol. The van der Waals surface area contributed by atoms with E-state index in [-0.39, 0.29) is 29.7 Å². The van der Waals surface area contributed by atoms with Crippen LogP contribution >= 0.6 is 0 Å². The van der Waals surface area contributed by atoms with Crippen LogP contribution in [-0.2, 0) is 11.3 Å². The highest BCUT2D eigenvalue weighted by molar-refractivity contribution is 5.93. The Morgan fingerprint density at radius 3 is 2.74 bits per heavy atom. The largest absolute Gasteiger partial charge is 0.492 e. The molecule has 1 aliphatic carbocycles. The summed E-state index contributed by atoms with van der Waals surface area (Å²) in [7, 11) is 0. The maximum Gasteiger partial charge on any atom is 0.272 e. The molecule has 2 aromatic heterocycles. The van der Waals surface area contributed by atoms with Crippen LogP contribution in [0.4, 0.5) is 0 Å². The lowest BCUT2D eigenvalue weighted by molar-refractivity contribution is -0.136. The van der Waals surface area contributed by atoms with Gasteiger partial charge in [-0.1, -0.05) is 0 Å². The smallest absolute Gasteiger partial charge is 0.272 e. The molecular weight excluding hydrogens is 394 g/mol. The third-order valence-electron chi connectivity index (χ3n) is 6.28. The van der Waals surface area contributed by atoms with E-state index in [1.165, 1.54) is 6.42 Å². The number of carbonyl (C=O) groups excluding carboxylic acids is 2. The SMILES string of the molecule is CCn1ccc(C(=O)N[C@@H]2C[C@H](COc3cccnc3)C[C@H]2C(=O)N2CCCCC2)n1. The number of hydrogen-bond acceptors (Lipinski definition) is 5. The lowest BCUT2D eigenvalue weighted by Gasteiger charge is -2.31. The topological polar surface area (TPSA) is 89.3 Å². The first-order chi connectivity index (χ1) is 15.1. The van der Waals surface area contributed by atoms with Crippen LogP contribution < -0.4 is 10.1 Å². The van der Waals surface area contributed by atoms with Crippen molar-refractivity contribution in [1.82, 2.24) is 25.0 Å². The summed E-state index contributed by atoms with van der Waals surface area (Å²) < 4.78 is 7.63. The quantitative estimate of drug-likeness (QED) is 0.736. The molecule has 166 valence electrons. The van der Waals surface area contributed by atoms with Gasteiger partial charge in [0.15, 0.2) is 0 Å². The normalized spacial score (nSPS) is 23.5. The van der Waals surface area contributed by atoms with E-state index in [1.807, 2.05) is 24.0 Å². The summed E-state index contributed by atoms with van der Waals surface area (Å²) in [5, 5.41) is 7.40. The minimum Gasteiger partial charge on any atom is -0.492 e. The van der Waals surface area contributed by atoms with Crippen molar-refractivity contribution in [3.63, 3.8) is 0 Å². The minimum atomic E-state index is -0.224. The Hall–Kier alpha value is -2.90. The van der Waals surface area contributed by atoms with Gasteiger partial charge < -0.3 is 15.0 Å². The maximum atomic E-state index is 13.3. The van der Waals surface area contributed by atoms with Crippen molar-refractivity contribution < 1.29 is 14.3 Å². The van der Waals surface area contributed by atoms with Gasteiger partial charge in [-0.25, -0.2) is 0 Å². The van der Waals surface area contributed by atoms with Gasteiger partial charge in [0.1, 0.15) is 11.4 Å². The first-order valence-corrected chi connectivity index (χ1v) is 11.3. The Bertz CT molecular complexity index is 878. The van der Waals surface area contributed by atoms with Gasteiger partial charge in [0.25, 0.3) is 5.91 Å². The van der Waals surface area contributed by atoms with Crippen LogP contribution in [0.25, 0.3) is 0 Å². The summed E-state index contributed by atoms with van der Waals surface area (Å²) in [6, 6.07) is 5.22. The van der Waals surface area contributed by atoms with Crippen LogP contribution in [0.1, 0.15) is 49.5 Å². The molecule has 0 bridgehead atoms. The van der Waals surface area contributed by atoms with Gasteiger partial charge in [0, 0.05) is 38.1 Å². The van der Waals surface area contributed by atoms with Gasteiger partial charge in [0.05, 0.1) is 18.7 Å². The van der Waals surface area contributed by atoms with Crippen molar-refractivity contribution >= 4 is 11.8 Å². The molecule has 8 nitrogen and oxygen atoms in total. The van der Waals surface area contributed by atoms with Crippen LogP contribution in [-0.4, -0.2) is 57.2 Å². The molecule has 1 aliphatic heterocycles. The molecule has 0 spiro atoms. The third kappa shape index (κ3) is 5.24. The second kappa shape index (κ2) is 9.94. The molecule has 2 aromatic rings. The van der Waals surface area contributed by atoms with Crippen LogP contribution in [0.5, 0.6) is 5.75 Å². The number of nitrogens with one attached hydrogen (secondary N) is 1. The molecule has 0 radical (unpaired) electrons. The number of nitrogens with zero attached hydrogens (tertiary/aromatic N) is 4. The van der Waals surface area contributed by atoms with Crippen molar-refractivity contribution in [2.75, 3.05) is 19.7 Å². The van der Waals surface area contributed by atoms with E-state index >= 15 is 0 Å². The highest BCUT2D eigenvalue weighted by atomic mass is 16.5. The van der Waals surface area contributed by atoms with Gasteiger partial charge in [-0.2, -0.15) is 5.10 Å². The van der Waals surface area contributed by atoms with Crippen LogP contribution in [0.2, 0.25) is 0 Å². The maximum absolute atomic E-state index is 13.3. The van der Waals surface area contributed by atoms with Crippen molar-refractivity contribution in [3.8, 4) is 5.75 Å². The molecule has 2 fully saturated rings. The predicted octanol–water partition coefficient (Wildman–Crippen LogP) is 2.51. The zero-order valence-corrected chi connectivity index (χ0v) is 18.1. The molecule has 8 heteroatoms. The van der Waals surface area contributed by atoms with E-state index in [0.29, 0.717) is 31.7 Å². The number of rotatable bonds is 7. The number of aryl methyl sites for hydroxylation is 1. The molecule has 2 aliphatic rings. The Morgan fingerprint density at radius 1 is 1.19 bits per heavy atom. The van der Waals surface area contributed by atoms with Crippen molar-refractivity contribution in [3.05, 3.63) is 42.5 Å². The zero-order chi connectivity index (χ0) is 21.6. The van der Waals surface area contributed by atoms with Crippen molar-refractivity contribution in [2.24, 2.45) is 11.8 Å². The van der Waals surface area contributed by atoms with E-state index in [4.69, 9.17) is 4.74 Å². The number of likely N-dealkylation sites (tertiary alicyclic amines) is 1. The molecule has 1 N–H and O–H groups in total. The molecule has 2 amide bonds. The van der Waals surface area contributed by atoms with Gasteiger partial charge in [0.2, 0.25) is 5.91 Å². The fraction of sp³-hybridized carbons (Fsp3) is 0.565. The molecular formula is C23H31N5O3. The van der Waals surface area contributed by atoms with Gasteiger partial charge in [-0.05, 0) is 63.1 Å². The average Bonchev–Trinajstić information content (AvgIpc) is 3.46. The Morgan fingerprint density at radius 2 is 2.03 bits per heavy atom. The van der Waals surface area contributed by atoms with Crippen LogP contribution in [0.15, 0.2) is 36.8 Å². The summed E-state index contributed by atoms with van der Waals surface area (Å²) in [5.74, 6) is 0.629. The molecule has 0 aromatic carbocycles. The Balaban J connectivity index is 1.43. The van der Waals surface area contributed by atoms with E-state index in [0.717, 1.165) is 31.7 Å². The lowest BCUT2D eigenvalue weighted by Crippen LogP contribution is -2.47.